The van der Waals surface area contributed by atoms with Gasteiger partial charge >= 0.3 is 6.09 Å². The Bertz CT molecular complexity index is 830. The molecule has 1 heterocycles. The molecule has 8 nitrogen and oxygen atoms in total. The third-order valence-corrected chi connectivity index (χ3v) is 6.02. The first-order valence-electron chi connectivity index (χ1n) is 11.4. The van der Waals surface area contributed by atoms with Crippen molar-refractivity contribution in [1.29, 1.82) is 0 Å². The summed E-state index contributed by atoms with van der Waals surface area (Å²) in [6, 6.07) is 5.98. The van der Waals surface area contributed by atoms with Crippen molar-refractivity contribution in [3.05, 3.63) is 34.9 Å². The topological polar surface area (TPSA) is 117 Å². The Morgan fingerprint density at radius 3 is 2.61 bits per heavy atom. The molecule has 3 amide bonds. The number of carbonyl (C=O) groups excluding carboxylic acids is 3. The number of benzene rings is 1. The quantitative estimate of drug-likeness (QED) is 0.387. The van der Waals surface area contributed by atoms with Crippen LogP contribution in [-0.4, -0.2) is 54.9 Å². The molecule has 0 saturated carbocycles. The minimum absolute atomic E-state index is 0.0644. The van der Waals surface area contributed by atoms with Gasteiger partial charge in [0.25, 0.3) is 0 Å². The molecule has 1 aliphatic heterocycles. The monoisotopic (exact) mass is 481 g/mol. The summed E-state index contributed by atoms with van der Waals surface area (Å²) in [5.41, 5.74) is 0.461. The highest BCUT2D eigenvalue weighted by Gasteiger charge is 2.30. The summed E-state index contributed by atoms with van der Waals surface area (Å²) < 4.78 is 5.44. The second-order valence-electron chi connectivity index (χ2n) is 9.70. The van der Waals surface area contributed by atoms with Gasteiger partial charge in [-0.3, -0.25) is 9.59 Å². The number of rotatable bonds is 11. The van der Waals surface area contributed by atoms with E-state index < -0.39 is 29.5 Å². The van der Waals surface area contributed by atoms with Crippen LogP contribution >= 0.6 is 11.6 Å². The average molecular weight is 482 g/mol. The van der Waals surface area contributed by atoms with E-state index in [-0.39, 0.29) is 31.0 Å². The third-order valence-electron chi connectivity index (χ3n) is 5.78. The van der Waals surface area contributed by atoms with E-state index in [4.69, 9.17) is 16.3 Å². The van der Waals surface area contributed by atoms with E-state index in [0.29, 0.717) is 30.8 Å². The number of alkyl carbamates (subject to hydrolysis) is 1. The summed E-state index contributed by atoms with van der Waals surface area (Å²) in [6.45, 7) is 8.19. The van der Waals surface area contributed by atoms with E-state index in [1.54, 1.807) is 6.07 Å². The molecule has 33 heavy (non-hydrogen) atoms. The van der Waals surface area contributed by atoms with Crippen molar-refractivity contribution in [3.8, 4) is 0 Å². The molecule has 184 valence electrons. The number of aliphatic hydroxyl groups excluding tert-OH is 1. The van der Waals surface area contributed by atoms with Gasteiger partial charge in [0.1, 0.15) is 12.6 Å². The Morgan fingerprint density at radius 1 is 1.30 bits per heavy atom. The molecule has 1 saturated heterocycles. The predicted molar refractivity (Wildman–Crippen MR) is 127 cm³/mol. The Hall–Kier alpha value is -2.32. The smallest absolute Gasteiger partial charge is 0.407 e. The van der Waals surface area contributed by atoms with Crippen LogP contribution in [-0.2, 0) is 19.7 Å². The molecule has 2 rings (SSSR count). The molecule has 1 aromatic carbocycles. The lowest BCUT2D eigenvalue weighted by atomic mass is 9.86. The maximum Gasteiger partial charge on any atom is 0.407 e. The normalized spacial score (nSPS) is 17.9. The lowest BCUT2D eigenvalue weighted by molar-refractivity contribution is -0.126. The van der Waals surface area contributed by atoms with E-state index >= 15 is 0 Å². The average Bonchev–Trinajstić information content (AvgIpc) is 3.15. The van der Waals surface area contributed by atoms with Gasteiger partial charge in [-0.05, 0) is 42.9 Å². The third kappa shape index (κ3) is 8.51. The van der Waals surface area contributed by atoms with Gasteiger partial charge in [-0.1, -0.05) is 51.4 Å². The molecule has 3 atom stereocenters. The molecule has 0 bridgehead atoms. The molecule has 0 spiro atoms. The van der Waals surface area contributed by atoms with Crippen LogP contribution in [0.5, 0.6) is 0 Å². The van der Waals surface area contributed by atoms with Crippen molar-refractivity contribution in [1.82, 2.24) is 16.0 Å². The Morgan fingerprint density at radius 2 is 2.03 bits per heavy atom. The van der Waals surface area contributed by atoms with Crippen LogP contribution in [0.15, 0.2) is 24.3 Å². The first kappa shape index (κ1) is 26.9. The fourth-order valence-electron chi connectivity index (χ4n) is 3.82. The van der Waals surface area contributed by atoms with Crippen molar-refractivity contribution in [2.75, 3.05) is 19.8 Å². The molecule has 0 radical (unpaired) electrons. The largest absolute Gasteiger partial charge is 0.449 e. The predicted octanol–water partition coefficient (Wildman–Crippen LogP) is 2.76. The van der Waals surface area contributed by atoms with Gasteiger partial charge in [-0.2, -0.15) is 0 Å². The van der Waals surface area contributed by atoms with Gasteiger partial charge in [0.15, 0.2) is 0 Å². The van der Waals surface area contributed by atoms with Crippen LogP contribution in [0.2, 0.25) is 5.02 Å². The summed E-state index contributed by atoms with van der Waals surface area (Å²) >= 11 is 6.08. The van der Waals surface area contributed by atoms with E-state index in [2.05, 4.69) is 16.0 Å². The molecule has 1 fully saturated rings. The van der Waals surface area contributed by atoms with E-state index in [1.807, 2.05) is 45.9 Å². The van der Waals surface area contributed by atoms with Crippen molar-refractivity contribution in [3.63, 3.8) is 0 Å². The second-order valence-corrected chi connectivity index (χ2v) is 10.1. The molecule has 1 aliphatic rings. The number of amides is 3. The Balaban J connectivity index is 1.95. The molecule has 0 unspecified atom stereocenters. The Labute approximate surface area is 200 Å². The number of carbonyl (C=O) groups is 3. The number of aliphatic hydroxyl groups is 1. The van der Waals surface area contributed by atoms with E-state index in [9.17, 15) is 19.5 Å². The van der Waals surface area contributed by atoms with Gasteiger partial charge in [0, 0.05) is 22.9 Å². The molecule has 0 aliphatic carbocycles. The van der Waals surface area contributed by atoms with Crippen molar-refractivity contribution in [2.45, 2.75) is 64.5 Å². The van der Waals surface area contributed by atoms with Crippen LogP contribution in [0.4, 0.5) is 4.79 Å². The maximum absolute atomic E-state index is 12.9. The van der Waals surface area contributed by atoms with Gasteiger partial charge in [-0.25, -0.2) is 4.79 Å². The fourth-order valence-corrected chi connectivity index (χ4v) is 4.01. The molecular formula is C24H36ClN3O5. The zero-order valence-corrected chi connectivity index (χ0v) is 20.6. The molecule has 9 heteroatoms. The molecule has 4 N–H and O–H groups in total. The maximum atomic E-state index is 12.9. The zero-order chi connectivity index (χ0) is 24.6. The standard InChI is InChI=1S/C24H36ClN3O5/c1-15(2)10-20(22(31)27-19(13-29)11-16-8-9-26-21(16)30)28-23(32)33-14-24(3,4)17-6-5-7-18(25)12-17/h5-7,12,15-16,19-20,29H,8-11,13-14H2,1-4H3,(H,26,30)(H,27,31)(H,28,32)/t16-,19-,20-/m0/s1. The van der Waals surface area contributed by atoms with Gasteiger partial charge in [0.05, 0.1) is 12.6 Å². The highest BCUT2D eigenvalue weighted by atomic mass is 35.5. The summed E-state index contributed by atoms with van der Waals surface area (Å²) in [5.74, 6) is -0.576. The van der Waals surface area contributed by atoms with Crippen LogP contribution < -0.4 is 16.0 Å². The van der Waals surface area contributed by atoms with Crippen molar-refractivity contribution in [2.24, 2.45) is 11.8 Å². The lowest BCUT2D eigenvalue weighted by Crippen LogP contribution is -2.51. The fraction of sp³-hybridized carbons (Fsp3) is 0.625. The number of ether oxygens (including phenoxy) is 1. The minimum atomic E-state index is -0.821. The minimum Gasteiger partial charge on any atom is -0.449 e. The van der Waals surface area contributed by atoms with Crippen LogP contribution in [0, 0.1) is 11.8 Å². The number of halogens is 1. The molecular weight excluding hydrogens is 446 g/mol. The van der Waals surface area contributed by atoms with Crippen LogP contribution in [0.1, 0.15) is 52.5 Å². The van der Waals surface area contributed by atoms with Crippen molar-refractivity contribution >= 4 is 29.5 Å². The zero-order valence-electron chi connectivity index (χ0n) is 19.8. The Kier molecular flexibility index (Phi) is 9.98. The number of hydrogen-bond donors (Lipinski definition) is 4. The highest BCUT2D eigenvalue weighted by Crippen LogP contribution is 2.26. The van der Waals surface area contributed by atoms with Gasteiger partial charge < -0.3 is 25.8 Å². The number of hydrogen-bond acceptors (Lipinski definition) is 5. The van der Waals surface area contributed by atoms with Crippen molar-refractivity contribution < 1.29 is 24.2 Å². The summed E-state index contributed by atoms with van der Waals surface area (Å²) in [6.07, 6.45) is 0.733. The lowest BCUT2D eigenvalue weighted by Gasteiger charge is -2.27. The van der Waals surface area contributed by atoms with Gasteiger partial charge in [0.2, 0.25) is 11.8 Å². The first-order valence-corrected chi connectivity index (χ1v) is 11.8. The van der Waals surface area contributed by atoms with Crippen LogP contribution in [0.3, 0.4) is 0 Å². The molecule has 0 aromatic heterocycles. The summed E-state index contributed by atoms with van der Waals surface area (Å²) in [7, 11) is 0. The number of nitrogens with one attached hydrogen (secondary N) is 3. The van der Waals surface area contributed by atoms with Gasteiger partial charge in [-0.15, -0.1) is 0 Å². The summed E-state index contributed by atoms with van der Waals surface area (Å²) in [4.78, 5) is 37.2. The highest BCUT2D eigenvalue weighted by molar-refractivity contribution is 6.30. The first-order chi connectivity index (χ1) is 15.5. The van der Waals surface area contributed by atoms with E-state index in [0.717, 1.165) is 5.56 Å². The molecule has 1 aromatic rings. The van der Waals surface area contributed by atoms with Crippen LogP contribution in [0.25, 0.3) is 0 Å². The second kappa shape index (κ2) is 12.2. The SMILES string of the molecule is CC(C)C[C@H](NC(=O)OCC(C)(C)c1cccc(Cl)c1)C(=O)N[C@H](CO)C[C@@H]1CCNC1=O. The summed E-state index contributed by atoms with van der Waals surface area (Å²) in [5, 5.41) is 18.5. The van der Waals surface area contributed by atoms with E-state index in [1.165, 1.54) is 0 Å².